The Labute approximate surface area is 164 Å². The normalized spacial score (nSPS) is 20.8. The lowest BCUT2D eigenvalue weighted by Crippen LogP contribution is -2.55. The van der Waals surface area contributed by atoms with Gasteiger partial charge in [0.05, 0.1) is 0 Å². The molecule has 2 saturated heterocycles. The number of ether oxygens (including phenoxy) is 1. The lowest BCUT2D eigenvalue weighted by Gasteiger charge is -2.37. The number of hydrogen-bond acceptors (Lipinski definition) is 4. The SMILES string of the molecule is CN=C(NCCSc1ccccc1F)N1CCN(C(=O)C2CCCO2)CC1. The van der Waals surface area contributed by atoms with Gasteiger partial charge in [0.15, 0.2) is 5.96 Å². The van der Waals surface area contributed by atoms with Crippen LogP contribution in [0.4, 0.5) is 4.39 Å². The largest absolute Gasteiger partial charge is 0.368 e. The van der Waals surface area contributed by atoms with E-state index in [-0.39, 0.29) is 17.8 Å². The van der Waals surface area contributed by atoms with E-state index < -0.39 is 0 Å². The highest BCUT2D eigenvalue weighted by Gasteiger charge is 2.30. The Bertz CT molecular complexity index is 659. The molecule has 1 N–H and O–H groups in total. The number of amides is 1. The summed E-state index contributed by atoms with van der Waals surface area (Å²) >= 11 is 1.49. The quantitative estimate of drug-likeness (QED) is 0.357. The first-order chi connectivity index (χ1) is 13.2. The number of benzene rings is 1. The third-order valence-electron chi connectivity index (χ3n) is 4.79. The molecule has 2 aliphatic heterocycles. The van der Waals surface area contributed by atoms with E-state index in [0.717, 1.165) is 37.6 Å². The number of carbonyl (C=O) groups is 1. The van der Waals surface area contributed by atoms with E-state index in [0.29, 0.717) is 31.1 Å². The third kappa shape index (κ3) is 5.35. The number of nitrogens with one attached hydrogen (secondary N) is 1. The fraction of sp³-hybridized carbons (Fsp3) is 0.579. The first kappa shape index (κ1) is 19.9. The Morgan fingerprint density at radius 3 is 2.70 bits per heavy atom. The van der Waals surface area contributed by atoms with Gasteiger partial charge in [-0.05, 0) is 25.0 Å². The number of guanidine groups is 1. The molecule has 0 bridgehead atoms. The molecule has 148 valence electrons. The van der Waals surface area contributed by atoms with Gasteiger partial charge in [0.1, 0.15) is 11.9 Å². The minimum atomic E-state index is -0.246. The molecule has 2 heterocycles. The molecule has 1 aromatic rings. The molecule has 6 nitrogen and oxygen atoms in total. The van der Waals surface area contributed by atoms with Gasteiger partial charge in [-0.2, -0.15) is 0 Å². The second-order valence-electron chi connectivity index (χ2n) is 6.57. The van der Waals surface area contributed by atoms with Gasteiger partial charge in [-0.15, -0.1) is 11.8 Å². The zero-order valence-corrected chi connectivity index (χ0v) is 16.5. The summed E-state index contributed by atoms with van der Waals surface area (Å²) in [5, 5.41) is 3.33. The van der Waals surface area contributed by atoms with Crippen LogP contribution in [0.2, 0.25) is 0 Å². The van der Waals surface area contributed by atoms with Gasteiger partial charge >= 0.3 is 0 Å². The fourth-order valence-electron chi connectivity index (χ4n) is 3.33. The van der Waals surface area contributed by atoms with Crippen LogP contribution in [0.15, 0.2) is 34.2 Å². The summed E-state index contributed by atoms with van der Waals surface area (Å²) in [5.74, 6) is 1.51. The van der Waals surface area contributed by atoms with Crippen molar-refractivity contribution in [3.63, 3.8) is 0 Å². The lowest BCUT2D eigenvalue weighted by molar-refractivity contribution is -0.142. The minimum Gasteiger partial charge on any atom is -0.368 e. The average Bonchev–Trinajstić information content (AvgIpc) is 3.24. The second-order valence-corrected chi connectivity index (χ2v) is 7.70. The minimum absolute atomic E-state index is 0.122. The van der Waals surface area contributed by atoms with E-state index in [2.05, 4.69) is 15.2 Å². The molecule has 0 aliphatic carbocycles. The van der Waals surface area contributed by atoms with Crippen LogP contribution in [0, 0.1) is 5.82 Å². The molecule has 1 atom stereocenters. The molecular weight excluding hydrogens is 367 g/mol. The Hall–Kier alpha value is -1.80. The van der Waals surface area contributed by atoms with E-state index in [1.165, 1.54) is 17.8 Å². The molecule has 8 heteroatoms. The Morgan fingerprint density at radius 1 is 1.30 bits per heavy atom. The van der Waals surface area contributed by atoms with Crippen LogP contribution in [0.25, 0.3) is 0 Å². The summed E-state index contributed by atoms with van der Waals surface area (Å²) < 4.78 is 19.1. The molecule has 1 unspecified atom stereocenters. The van der Waals surface area contributed by atoms with Gasteiger partial charge in [-0.1, -0.05) is 12.1 Å². The summed E-state index contributed by atoms with van der Waals surface area (Å²) in [4.78, 5) is 21.5. The number of rotatable bonds is 5. The molecule has 2 fully saturated rings. The summed E-state index contributed by atoms with van der Waals surface area (Å²) in [7, 11) is 1.76. The molecule has 1 amide bonds. The molecule has 0 radical (unpaired) electrons. The van der Waals surface area contributed by atoms with Gasteiger partial charge < -0.3 is 19.9 Å². The number of thioether (sulfide) groups is 1. The smallest absolute Gasteiger partial charge is 0.251 e. The molecule has 1 aromatic carbocycles. The molecule has 0 aromatic heterocycles. The lowest BCUT2D eigenvalue weighted by atomic mass is 10.2. The van der Waals surface area contributed by atoms with Crippen molar-refractivity contribution in [3.8, 4) is 0 Å². The van der Waals surface area contributed by atoms with Gasteiger partial charge in [0, 0.05) is 57.0 Å². The van der Waals surface area contributed by atoms with Crippen molar-refractivity contribution < 1.29 is 13.9 Å². The maximum Gasteiger partial charge on any atom is 0.251 e. The highest BCUT2D eigenvalue weighted by atomic mass is 32.2. The standard InChI is InChI=1S/C19H27FN4O2S/c1-21-19(22-8-14-27-17-7-3-2-5-15(17)20)24-11-9-23(10-12-24)18(25)16-6-4-13-26-16/h2-3,5,7,16H,4,6,8-14H2,1H3,(H,21,22). The first-order valence-corrected chi connectivity index (χ1v) is 10.4. The number of hydrogen-bond donors (Lipinski definition) is 1. The van der Waals surface area contributed by atoms with Crippen LogP contribution < -0.4 is 5.32 Å². The van der Waals surface area contributed by atoms with Crippen molar-refractivity contribution in [1.82, 2.24) is 15.1 Å². The summed E-state index contributed by atoms with van der Waals surface area (Å²) in [6.45, 7) is 4.25. The van der Waals surface area contributed by atoms with Gasteiger partial charge in [0.2, 0.25) is 0 Å². The number of carbonyl (C=O) groups excluding carboxylic acids is 1. The molecule has 3 rings (SSSR count). The number of aliphatic imine (C=N–C) groups is 1. The summed E-state index contributed by atoms with van der Waals surface area (Å²) in [6.07, 6.45) is 1.56. The van der Waals surface area contributed by atoms with E-state index in [1.807, 2.05) is 11.0 Å². The fourth-order valence-corrected chi connectivity index (χ4v) is 4.14. The number of halogens is 1. The van der Waals surface area contributed by atoms with Crippen LogP contribution in [0.3, 0.4) is 0 Å². The molecule has 0 spiro atoms. The van der Waals surface area contributed by atoms with Crippen molar-refractivity contribution >= 4 is 23.6 Å². The predicted molar refractivity (Wildman–Crippen MR) is 106 cm³/mol. The molecule has 0 saturated carbocycles. The van der Waals surface area contributed by atoms with Crippen molar-refractivity contribution in [2.24, 2.45) is 4.99 Å². The third-order valence-corrected chi connectivity index (χ3v) is 5.84. The van der Waals surface area contributed by atoms with E-state index >= 15 is 0 Å². The van der Waals surface area contributed by atoms with E-state index in [9.17, 15) is 9.18 Å². The van der Waals surface area contributed by atoms with Gasteiger partial charge in [-0.25, -0.2) is 4.39 Å². The summed E-state index contributed by atoms with van der Waals surface area (Å²) in [6, 6.07) is 6.81. The Kier molecular flexibility index (Phi) is 7.34. The van der Waals surface area contributed by atoms with Crippen molar-refractivity contribution in [3.05, 3.63) is 30.1 Å². The van der Waals surface area contributed by atoms with E-state index in [1.54, 1.807) is 19.2 Å². The average molecular weight is 395 g/mol. The van der Waals surface area contributed by atoms with Crippen molar-refractivity contribution in [2.45, 2.75) is 23.8 Å². The first-order valence-electron chi connectivity index (χ1n) is 9.42. The van der Waals surface area contributed by atoms with Crippen LogP contribution >= 0.6 is 11.8 Å². The zero-order chi connectivity index (χ0) is 19.1. The van der Waals surface area contributed by atoms with Gasteiger partial charge in [-0.3, -0.25) is 9.79 Å². The monoisotopic (exact) mass is 394 g/mol. The highest BCUT2D eigenvalue weighted by molar-refractivity contribution is 7.99. The Morgan fingerprint density at radius 2 is 2.04 bits per heavy atom. The zero-order valence-electron chi connectivity index (χ0n) is 15.7. The maximum atomic E-state index is 13.6. The van der Waals surface area contributed by atoms with Crippen molar-refractivity contribution in [2.75, 3.05) is 52.1 Å². The molecule has 27 heavy (non-hydrogen) atoms. The number of piperazine rings is 1. The predicted octanol–water partition coefficient (Wildman–Crippen LogP) is 1.82. The van der Waals surface area contributed by atoms with E-state index in [4.69, 9.17) is 4.74 Å². The van der Waals surface area contributed by atoms with Gasteiger partial charge in [0.25, 0.3) is 5.91 Å². The van der Waals surface area contributed by atoms with Crippen molar-refractivity contribution in [1.29, 1.82) is 0 Å². The number of nitrogens with zero attached hydrogens (tertiary/aromatic N) is 3. The second kappa shape index (κ2) is 9.94. The molecule has 2 aliphatic rings. The Balaban J connectivity index is 1.40. The van der Waals surface area contributed by atoms with Crippen LogP contribution in [0.5, 0.6) is 0 Å². The summed E-state index contributed by atoms with van der Waals surface area (Å²) in [5.41, 5.74) is 0. The highest BCUT2D eigenvalue weighted by Crippen LogP contribution is 2.20. The van der Waals surface area contributed by atoms with Crippen LogP contribution in [0.1, 0.15) is 12.8 Å². The topological polar surface area (TPSA) is 57.2 Å². The van der Waals surface area contributed by atoms with Crippen LogP contribution in [-0.4, -0.2) is 79.9 Å². The maximum absolute atomic E-state index is 13.6. The molecular formula is C19H27FN4O2S. The van der Waals surface area contributed by atoms with Crippen LogP contribution in [-0.2, 0) is 9.53 Å².